The number of rotatable bonds is 3. The van der Waals surface area contributed by atoms with E-state index in [1.165, 1.54) is 0 Å². The van der Waals surface area contributed by atoms with Gasteiger partial charge in [0, 0.05) is 31.4 Å². The lowest BCUT2D eigenvalue weighted by Gasteiger charge is -2.37. The molecule has 4 heteroatoms. The Hall–Kier alpha value is -1.58. The molecular formula is C16H25N3O. The first-order valence-electron chi connectivity index (χ1n) is 7.43. The number of amides is 1. The van der Waals surface area contributed by atoms with Crippen LogP contribution in [0.3, 0.4) is 0 Å². The van der Waals surface area contributed by atoms with Crippen LogP contribution in [-0.4, -0.2) is 35.9 Å². The van der Waals surface area contributed by atoms with Crippen LogP contribution < -0.4 is 5.32 Å². The highest BCUT2D eigenvalue weighted by molar-refractivity contribution is 5.95. The fourth-order valence-electron chi connectivity index (χ4n) is 2.52. The van der Waals surface area contributed by atoms with E-state index in [1.54, 1.807) is 0 Å². The number of nitrogens with one attached hydrogen (secondary N) is 1. The van der Waals surface area contributed by atoms with Gasteiger partial charge in [0.25, 0.3) is 5.91 Å². The number of aryl methyl sites for hydroxylation is 1. The minimum absolute atomic E-state index is 0.133. The molecule has 0 spiro atoms. The van der Waals surface area contributed by atoms with E-state index in [4.69, 9.17) is 0 Å². The van der Waals surface area contributed by atoms with E-state index in [1.807, 2.05) is 24.1 Å². The number of carbonyl (C=O) groups is 1. The van der Waals surface area contributed by atoms with Crippen molar-refractivity contribution < 1.29 is 4.79 Å². The van der Waals surface area contributed by atoms with Gasteiger partial charge in [0.15, 0.2) is 0 Å². The lowest BCUT2D eigenvalue weighted by Crippen LogP contribution is -2.41. The number of nitrogens with zero attached hydrogens (tertiary/aromatic N) is 2. The predicted molar refractivity (Wildman–Crippen MR) is 82.1 cm³/mol. The maximum Gasteiger partial charge on any atom is 0.254 e. The monoisotopic (exact) mass is 275 g/mol. The van der Waals surface area contributed by atoms with E-state index in [9.17, 15) is 4.79 Å². The van der Waals surface area contributed by atoms with Crippen molar-refractivity contribution in [2.45, 2.75) is 40.0 Å². The van der Waals surface area contributed by atoms with Gasteiger partial charge in [-0.25, -0.2) is 4.98 Å². The molecule has 0 aromatic carbocycles. The highest BCUT2D eigenvalue weighted by atomic mass is 16.2. The van der Waals surface area contributed by atoms with Gasteiger partial charge in [-0.1, -0.05) is 20.8 Å². The summed E-state index contributed by atoms with van der Waals surface area (Å²) in [6.45, 7) is 8.31. The van der Waals surface area contributed by atoms with Crippen molar-refractivity contribution in [3.05, 3.63) is 23.4 Å². The molecule has 4 nitrogen and oxygen atoms in total. The first-order chi connectivity index (χ1) is 9.45. The van der Waals surface area contributed by atoms with Crippen molar-refractivity contribution in [2.75, 3.05) is 25.5 Å². The molecule has 0 bridgehead atoms. The zero-order valence-electron chi connectivity index (χ0n) is 13.0. The van der Waals surface area contributed by atoms with E-state index >= 15 is 0 Å². The highest BCUT2D eigenvalue weighted by Crippen LogP contribution is 2.30. The van der Waals surface area contributed by atoms with Crippen LogP contribution in [0.1, 0.15) is 49.7 Å². The SMILES string of the molecule is CCc1cc(C(=O)N2CCC(C)(C)CC2)cc(NC)n1. The minimum atomic E-state index is 0.133. The number of piperidine rings is 1. The number of hydrogen-bond acceptors (Lipinski definition) is 3. The number of carbonyl (C=O) groups excluding carboxylic acids is 1. The average Bonchev–Trinajstić information content (AvgIpc) is 2.46. The number of pyridine rings is 1. The molecule has 1 aliphatic heterocycles. The summed E-state index contributed by atoms with van der Waals surface area (Å²) in [5, 5.41) is 3.03. The maximum absolute atomic E-state index is 12.6. The van der Waals surface area contributed by atoms with E-state index in [-0.39, 0.29) is 5.91 Å². The van der Waals surface area contributed by atoms with Crippen LogP contribution in [0.5, 0.6) is 0 Å². The molecule has 110 valence electrons. The zero-order valence-corrected chi connectivity index (χ0v) is 13.0. The van der Waals surface area contributed by atoms with Gasteiger partial charge in [-0.2, -0.15) is 0 Å². The molecule has 0 atom stereocenters. The second-order valence-corrected chi connectivity index (χ2v) is 6.29. The number of likely N-dealkylation sites (tertiary alicyclic amines) is 1. The van der Waals surface area contributed by atoms with Crippen LogP contribution in [0.4, 0.5) is 5.82 Å². The summed E-state index contributed by atoms with van der Waals surface area (Å²) in [6.07, 6.45) is 2.98. The minimum Gasteiger partial charge on any atom is -0.373 e. The smallest absolute Gasteiger partial charge is 0.254 e. The van der Waals surface area contributed by atoms with Crippen molar-refractivity contribution in [1.29, 1.82) is 0 Å². The summed E-state index contributed by atoms with van der Waals surface area (Å²) >= 11 is 0. The van der Waals surface area contributed by atoms with Crippen LogP contribution in [0.2, 0.25) is 0 Å². The molecule has 1 N–H and O–H groups in total. The summed E-state index contributed by atoms with van der Waals surface area (Å²) in [7, 11) is 1.83. The summed E-state index contributed by atoms with van der Waals surface area (Å²) in [4.78, 5) is 19.0. The number of aromatic nitrogens is 1. The lowest BCUT2D eigenvalue weighted by molar-refractivity contribution is 0.0630. The van der Waals surface area contributed by atoms with Crippen LogP contribution in [0.15, 0.2) is 12.1 Å². The molecule has 2 heterocycles. The van der Waals surface area contributed by atoms with E-state index < -0.39 is 0 Å². The third-order valence-electron chi connectivity index (χ3n) is 4.15. The fourth-order valence-corrected chi connectivity index (χ4v) is 2.52. The Morgan fingerprint density at radius 1 is 1.35 bits per heavy atom. The zero-order chi connectivity index (χ0) is 14.8. The molecule has 0 saturated carbocycles. The first kappa shape index (κ1) is 14.8. The quantitative estimate of drug-likeness (QED) is 0.922. The largest absolute Gasteiger partial charge is 0.373 e. The Morgan fingerprint density at radius 3 is 2.55 bits per heavy atom. The Balaban J connectivity index is 2.17. The van der Waals surface area contributed by atoms with Gasteiger partial charge in [0.1, 0.15) is 5.82 Å². The highest BCUT2D eigenvalue weighted by Gasteiger charge is 2.28. The molecular weight excluding hydrogens is 250 g/mol. The third kappa shape index (κ3) is 3.30. The van der Waals surface area contributed by atoms with Crippen LogP contribution in [-0.2, 0) is 6.42 Å². The van der Waals surface area contributed by atoms with E-state index in [0.717, 1.165) is 49.4 Å². The second kappa shape index (κ2) is 5.81. The first-order valence-corrected chi connectivity index (χ1v) is 7.43. The summed E-state index contributed by atoms with van der Waals surface area (Å²) in [6, 6.07) is 3.77. The van der Waals surface area contributed by atoms with Gasteiger partial charge in [-0.3, -0.25) is 4.79 Å². The van der Waals surface area contributed by atoms with Crippen LogP contribution in [0, 0.1) is 5.41 Å². The van der Waals surface area contributed by atoms with Crippen LogP contribution in [0.25, 0.3) is 0 Å². The predicted octanol–water partition coefficient (Wildman–Crippen LogP) is 2.95. The second-order valence-electron chi connectivity index (χ2n) is 6.29. The van der Waals surface area contributed by atoms with E-state index in [2.05, 4.69) is 31.1 Å². The molecule has 0 radical (unpaired) electrons. The number of anilines is 1. The van der Waals surface area contributed by atoms with Crippen molar-refractivity contribution in [3.63, 3.8) is 0 Å². The van der Waals surface area contributed by atoms with Crippen molar-refractivity contribution >= 4 is 11.7 Å². The molecule has 0 unspecified atom stereocenters. The molecule has 1 saturated heterocycles. The molecule has 1 aromatic rings. The Kier molecular flexibility index (Phi) is 4.31. The summed E-state index contributed by atoms with van der Waals surface area (Å²) in [5.41, 5.74) is 2.07. The van der Waals surface area contributed by atoms with E-state index in [0.29, 0.717) is 5.41 Å². The number of hydrogen-bond donors (Lipinski definition) is 1. The molecule has 1 aliphatic rings. The molecule has 2 rings (SSSR count). The van der Waals surface area contributed by atoms with Gasteiger partial charge in [-0.15, -0.1) is 0 Å². The molecule has 1 amide bonds. The van der Waals surface area contributed by atoms with Gasteiger partial charge < -0.3 is 10.2 Å². The standard InChI is InChI=1S/C16H25N3O/c1-5-13-10-12(11-14(17-4)18-13)15(20)19-8-6-16(2,3)7-9-19/h10-11H,5-9H2,1-4H3,(H,17,18). The Labute approximate surface area is 121 Å². The topological polar surface area (TPSA) is 45.2 Å². The van der Waals surface area contributed by atoms with Gasteiger partial charge in [-0.05, 0) is 36.8 Å². The van der Waals surface area contributed by atoms with Crippen LogP contribution >= 0.6 is 0 Å². The molecule has 20 heavy (non-hydrogen) atoms. The molecule has 1 fully saturated rings. The maximum atomic E-state index is 12.6. The van der Waals surface area contributed by atoms with Crippen molar-refractivity contribution in [2.24, 2.45) is 5.41 Å². The van der Waals surface area contributed by atoms with Gasteiger partial charge in [0.05, 0.1) is 0 Å². The van der Waals surface area contributed by atoms with Gasteiger partial charge >= 0.3 is 0 Å². The average molecular weight is 275 g/mol. The van der Waals surface area contributed by atoms with Crippen molar-refractivity contribution in [3.8, 4) is 0 Å². The summed E-state index contributed by atoms with van der Waals surface area (Å²) in [5.74, 6) is 0.902. The van der Waals surface area contributed by atoms with Gasteiger partial charge in [0.2, 0.25) is 0 Å². The lowest BCUT2D eigenvalue weighted by atomic mass is 9.82. The fraction of sp³-hybridized carbons (Fsp3) is 0.625. The third-order valence-corrected chi connectivity index (χ3v) is 4.15. The normalized spacial score (nSPS) is 17.9. The molecule has 0 aliphatic carbocycles. The molecule has 1 aromatic heterocycles. The summed E-state index contributed by atoms with van der Waals surface area (Å²) < 4.78 is 0. The van der Waals surface area contributed by atoms with Crippen molar-refractivity contribution in [1.82, 2.24) is 9.88 Å². The Morgan fingerprint density at radius 2 is 2.00 bits per heavy atom. The Bertz CT molecular complexity index is 464.